The van der Waals surface area contributed by atoms with Gasteiger partial charge in [-0.2, -0.15) is 5.10 Å². The van der Waals surface area contributed by atoms with Gasteiger partial charge in [-0.3, -0.25) is 14.4 Å². The first kappa shape index (κ1) is 14.4. The van der Waals surface area contributed by atoms with Crippen LogP contribution in [0.5, 0.6) is 0 Å². The number of carbonyl (C=O) groups excluding carboxylic acids is 1. The fraction of sp³-hybridized carbons (Fsp3) is 0.562. The van der Waals surface area contributed by atoms with E-state index >= 15 is 0 Å². The van der Waals surface area contributed by atoms with E-state index in [0.717, 1.165) is 39.0 Å². The van der Waals surface area contributed by atoms with Gasteiger partial charge in [-0.1, -0.05) is 0 Å². The average molecular weight is 314 g/mol. The van der Waals surface area contributed by atoms with E-state index in [1.165, 1.54) is 24.4 Å². The average Bonchev–Trinajstić information content (AvgIpc) is 3.25. The lowest BCUT2D eigenvalue weighted by Gasteiger charge is -2.14. The Balaban J connectivity index is 1.40. The smallest absolute Gasteiger partial charge is 0.251 e. The molecule has 2 N–H and O–H groups in total. The lowest BCUT2D eigenvalue weighted by atomic mass is 10.2. The molecule has 7 nitrogen and oxygen atoms in total. The molecule has 4 heterocycles. The van der Waals surface area contributed by atoms with Crippen LogP contribution in [-0.4, -0.2) is 43.2 Å². The second-order valence-corrected chi connectivity index (χ2v) is 6.55. The van der Waals surface area contributed by atoms with Crippen molar-refractivity contribution in [1.29, 1.82) is 0 Å². The number of imidazole rings is 1. The number of rotatable bonds is 4. The van der Waals surface area contributed by atoms with Crippen LogP contribution in [0.3, 0.4) is 0 Å². The molecule has 2 aliphatic heterocycles. The van der Waals surface area contributed by atoms with Crippen molar-refractivity contribution in [1.82, 2.24) is 24.2 Å². The Hall–Kier alpha value is -2.15. The van der Waals surface area contributed by atoms with Crippen LogP contribution < -0.4 is 5.73 Å². The highest BCUT2D eigenvalue weighted by Gasteiger charge is 2.26. The fourth-order valence-electron chi connectivity index (χ4n) is 3.61. The van der Waals surface area contributed by atoms with Crippen LogP contribution in [0.25, 0.3) is 0 Å². The quantitative estimate of drug-likeness (QED) is 0.911. The molecule has 1 amide bonds. The van der Waals surface area contributed by atoms with Gasteiger partial charge in [0, 0.05) is 45.0 Å². The molecule has 1 fully saturated rings. The number of likely N-dealkylation sites (tertiary alicyclic amines) is 1. The Morgan fingerprint density at radius 3 is 3.00 bits per heavy atom. The van der Waals surface area contributed by atoms with Gasteiger partial charge in [0.1, 0.15) is 5.82 Å². The molecule has 122 valence electrons. The zero-order chi connectivity index (χ0) is 15.8. The third-order valence-electron chi connectivity index (χ3n) is 4.85. The number of amides is 1. The molecule has 0 spiro atoms. The third kappa shape index (κ3) is 2.88. The van der Waals surface area contributed by atoms with Gasteiger partial charge in [-0.05, 0) is 19.3 Å². The van der Waals surface area contributed by atoms with Gasteiger partial charge in [-0.15, -0.1) is 0 Å². The maximum Gasteiger partial charge on any atom is 0.251 e. The van der Waals surface area contributed by atoms with Crippen molar-refractivity contribution >= 4 is 5.91 Å². The monoisotopic (exact) mass is 314 g/mol. The van der Waals surface area contributed by atoms with E-state index < -0.39 is 5.91 Å². The molecule has 1 atom stereocenters. The van der Waals surface area contributed by atoms with E-state index in [9.17, 15) is 4.79 Å². The molecule has 4 rings (SSSR count). The highest BCUT2D eigenvalue weighted by molar-refractivity contribution is 5.92. The number of primary amides is 1. The molecule has 0 saturated carbocycles. The second kappa shape index (κ2) is 5.81. The summed E-state index contributed by atoms with van der Waals surface area (Å²) in [5.74, 6) is 0.815. The Morgan fingerprint density at radius 1 is 1.30 bits per heavy atom. The van der Waals surface area contributed by atoms with Crippen molar-refractivity contribution in [3.63, 3.8) is 0 Å². The fourth-order valence-corrected chi connectivity index (χ4v) is 3.61. The number of hydrogen-bond acceptors (Lipinski definition) is 4. The number of hydrogen-bond donors (Lipinski definition) is 1. The van der Waals surface area contributed by atoms with E-state index in [2.05, 4.69) is 20.8 Å². The van der Waals surface area contributed by atoms with Crippen molar-refractivity contribution in [3.05, 3.63) is 35.7 Å². The highest BCUT2D eigenvalue weighted by atomic mass is 16.1. The Bertz CT molecular complexity index is 694. The van der Waals surface area contributed by atoms with Crippen LogP contribution in [0, 0.1) is 0 Å². The summed E-state index contributed by atoms with van der Waals surface area (Å²) in [5.41, 5.74) is 6.93. The van der Waals surface area contributed by atoms with Crippen LogP contribution in [0.1, 0.15) is 47.2 Å². The van der Waals surface area contributed by atoms with Crippen molar-refractivity contribution in [2.45, 2.75) is 44.8 Å². The summed E-state index contributed by atoms with van der Waals surface area (Å²) in [6, 6.07) is 0.306. The molecular weight excluding hydrogens is 292 g/mol. The van der Waals surface area contributed by atoms with Gasteiger partial charge in [-0.25, -0.2) is 4.98 Å². The van der Waals surface area contributed by atoms with Crippen LogP contribution in [0.15, 0.2) is 18.6 Å². The normalized spacial score (nSPS) is 21.5. The Kier molecular flexibility index (Phi) is 3.65. The van der Waals surface area contributed by atoms with Crippen LogP contribution >= 0.6 is 0 Å². The van der Waals surface area contributed by atoms with Crippen molar-refractivity contribution in [2.24, 2.45) is 5.73 Å². The summed E-state index contributed by atoms with van der Waals surface area (Å²) < 4.78 is 4.18. The molecule has 2 aromatic heterocycles. The van der Waals surface area contributed by atoms with Gasteiger partial charge in [0.25, 0.3) is 5.91 Å². The molecule has 2 aliphatic rings. The number of carbonyl (C=O) groups is 1. The molecule has 1 unspecified atom stereocenters. The van der Waals surface area contributed by atoms with Gasteiger partial charge >= 0.3 is 0 Å². The minimum atomic E-state index is -0.422. The molecule has 7 heteroatoms. The summed E-state index contributed by atoms with van der Waals surface area (Å²) >= 11 is 0. The number of aryl methyl sites for hydroxylation is 2. The number of nitrogens with zero attached hydrogens (tertiary/aromatic N) is 5. The van der Waals surface area contributed by atoms with Gasteiger partial charge in [0.2, 0.25) is 0 Å². The van der Waals surface area contributed by atoms with E-state index in [4.69, 9.17) is 10.7 Å². The van der Waals surface area contributed by atoms with E-state index in [0.29, 0.717) is 11.6 Å². The molecule has 23 heavy (non-hydrogen) atoms. The van der Waals surface area contributed by atoms with Gasteiger partial charge < -0.3 is 10.3 Å². The van der Waals surface area contributed by atoms with Crippen LogP contribution in [-0.2, 0) is 19.5 Å². The van der Waals surface area contributed by atoms with E-state index in [-0.39, 0.29) is 0 Å². The number of aromatic nitrogens is 4. The van der Waals surface area contributed by atoms with Crippen molar-refractivity contribution < 1.29 is 4.79 Å². The topological polar surface area (TPSA) is 82.0 Å². The van der Waals surface area contributed by atoms with Crippen LogP contribution in [0.2, 0.25) is 0 Å². The molecule has 0 aromatic carbocycles. The molecule has 0 bridgehead atoms. The number of fused-ring (bicyclic) bond motifs is 1. The zero-order valence-corrected chi connectivity index (χ0v) is 13.2. The molecule has 0 aliphatic carbocycles. The summed E-state index contributed by atoms with van der Waals surface area (Å²) in [6.45, 7) is 3.95. The molecule has 1 saturated heterocycles. The predicted molar refractivity (Wildman–Crippen MR) is 84.8 cm³/mol. The largest absolute Gasteiger partial charge is 0.366 e. The Morgan fingerprint density at radius 2 is 2.22 bits per heavy atom. The van der Waals surface area contributed by atoms with Crippen molar-refractivity contribution in [3.8, 4) is 0 Å². The molecular formula is C16H22N6O. The Labute approximate surface area is 135 Å². The maximum atomic E-state index is 11.2. The van der Waals surface area contributed by atoms with E-state index in [1.54, 1.807) is 12.4 Å². The SMILES string of the molecule is NC(=O)c1cnn(C2CCN(Cc3cn4c(n3)CCCC4)C2)c1. The lowest BCUT2D eigenvalue weighted by molar-refractivity contribution is 0.1000. The molecule has 0 radical (unpaired) electrons. The highest BCUT2D eigenvalue weighted by Crippen LogP contribution is 2.23. The first-order chi connectivity index (χ1) is 11.2. The zero-order valence-electron chi connectivity index (χ0n) is 13.2. The lowest BCUT2D eigenvalue weighted by Crippen LogP contribution is -2.21. The summed E-state index contributed by atoms with van der Waals surface area (Å²) in [5, 5.41) is 4.28. The predicted octanol–water partition coefficient (Wildman–Crippen LogP) is 0.962. The number of nitrogens with two attached hydrogens (primary N) is 1. The van der Waals surface area contributed by atoms with Crippen molar-refractivity contribution in [2.75, 3.05) is 13.1 Å². The first-order valence-electron chi connectivity index (χ1n) is 8.30. The van der Waals surface area contributed by atoms with Crippen LogP contribution in [0.4, 0.5) is 0 Å². The summed E-state index contributed by atoms with van der Waals surface area (Å²) in [7, 11) is 0. The molecule has 2 aromatic rings. The van der Waals surface area contributed by atoms with E-state index in [1.807, 2.05) is 4.68 Å². The minimum Gasteiger partial charge on any atom is -0.366 e. The second-order valence-electron chi connectivity index (χ2n) is 6.55. The maximum absolute atomic E-state index is 11.2. The van der Waals surface area contributed by atoms with Gasteiger partial charge in [0.15, 0.2) is 0 Å². The standard InChI is InChI=1S/C16H22N6O/c17-16(23)12-7-18-22(8-12)14-4-6-20(11-14)9-13-10-21-5-2-1-3-15(21)19-13/h7-8,10,14H,1-6,9,11H2,(H2,17,23). The summed E-state index contributed by atoms with van der Waals surface area (Å²) in [4.78, 5) is 18.4. The minimum absolute atomic E-state index is 0.306. The first-order valence-corrected chi connectivity index (χ1v) is 8.30. The third-order valence-corrected chi connectivity index (χ3v) is 4.85. The summed E-state index contributed by atoms with van der Waals surface area (Å²) in [6.07, 6.45) is 10.2. The van der Waals surface area contributed by atoms with Gasteiger partial charge in [0.05, 0.1) is 23.5 Å².